The van der Waals surface area contributed by atoms with E-state index in [4.69, 9.17) is 9.47 Å². The first kappa shape index (κ1) is 17.3. The fraction of sp³-hybridized carbons (Fsp3) is 0.538. The number of hydrogen-bond acceptors (Lipinski definition) is 4. The SMILES string of the molecule is CCOc1ccc(NS(=O)(=O)CCCOC)cc1CBr. The van der Waals surface area contributed by atoms with Crippen molar-refractivity contribution in [2.24, 2.45) is 0 Å². The topological polar surface area (TPSA) is 64.6 Å². The van der Waals surface area contributed by atoms with Crippen LogP contribution in [-0.4, -0.2) is 34.5 Å². The highest BCUT2D eigenvalue weighted by atomic mass is 79.9. The Morgan fingerprint density at radius 3 is 2.70 bits per heavy atom. The maximum absolute atomic E-state index is 11.9. The van der Waals surface area contributed by atoms with Crippen LogP contribution in [0.3, 0.4) is 0 Å². The average Bonchev–Trinajstić information content (AvgIpc) is 2.40. The van der Waals surface area contributed by atoms with Crippen molar-refractivity contribution in [3.8, 4) is 5.75 Å². The Labute approximate surface area is 128 Å². The van der Waals surface area contributed by atoms with Crippen molar-refractivity contribution >= 4 is 31.6 Å². The molecule has 1 aromatic carbocycles. The van der Waals surface area contributed by atoms with Crippen LogP contribution in [0.15, 0.2) is 18.2 Å². The van der Waals surface area contributed by atoms with Crippen molar-refractivity contribution in [3.05, 3.63) is 23.8 Å². The number of nitrogens with one attached hydrogen (secondary N) is 1. The van der Waals surface area contributed by atoms with Crippen LogP contribution in [0.1, 0.15) is 18.9 Å². The largest absolute Gasteiger partial charge is 0.494 e. The van der Waals surface area contributed by atoms with E-state index in [-0.39, 0.29) is 5.75 Å². The molecule has 0 aliphatic heterocycles. The summed E-state index contributed by atoms with van der Waals surface area (Å²) in [7, 11) is -1.79. The Balaban J connectivity index is 2.77. The molecule has 20 heavy (non-hydrogen) atoms. The molecule has 0 saturated heterocycles. The minimum absolute atomic E-state index is 0.0394. The fourth-order valence-electron chi connectivity index (χ4n) is 1.67. The summed E-state index contributed by atoms with van der Waals surface area (Å²) < 4.78 is 36.6. The molecule has 1 rings (SSSR count). The van der Waals surface area contributed by atoms with Gasteiger partial charge in [-0.2, -0.15) is 0 Å². The minimum atomic E-state index is -3.34. The quantitative estimate of drug-likeness (QED) is 0.539. The normalized spacial score (nSPS) is 11.3. The summed E-state index contributed by atoms with van der Waals surface area (Å²) in [5.74, 6) is 0.796. The average molecular weight is 366 g/mol. The second-order valence-electron chi connectivity index (χ2n) is 4.16. The lowest BCUT2D eigenvalue weighted by Gasteiger charge is -2.12. The van der Waals surface area contributed by atoms with Gasteiger partial charge in [-0.25, -0.2) is 8.42 Å². The molecule has 0 aliphatic carbocycles. The predicted molar refractivity (Wildman–Crippen MR) is 84.1 cm³/mol. The molecule has 0 unspecified atom stereocenters. The molecule has 0 spiro atoms. The number of hydrogen-bond donors (Lipinski definition) is 1. The lowest BCUT2D eigenvalue weighted by Crippen LogP contribution is -2.17. The van der Waals surface area contributed by atoms with Gasteiger partial charge in [-0.1, -0.05) is 15.9 Å². The van der Waals surface area contributed by atoms with Crippen molar-refractivity contribution in [2.75, 3.05) is 30.8 Å². The Morgan fingerprint density at radius 1 is 1.35 bits per heavy atom. The number of ether oxygens (including phenoxy) is 2. The van der Waals surface area contributed by atoms with Crippen molar-refractivity contribution in [3.63, 3.8) is 0 Å². The summed E-state index contributed by atoms with van der Waals surface area (Å²) in [5, 5.41) is 0.599. The number of halogens is 1. The molecule has 5 nitrogen and oxygen atoms in total. The van der Waals surface area contributed by atoms with E-state index in [1.165, 1.54) is 0 Å². The number of methoxy groups -OCH3 is 1. The Bertz CT molecular complexity index is 519. The zero-order valence-corrected chi connectivity index (χ0v) is 14.1. The third kappa shape index (κ3) is 5.68. The van der Waals surface area contributed by atoms with Gasteiger partial charge in [0.25, 0.3) is 0 Å². The maximum atomic E-state index is 11.9. The second-order valence-corrected chi connectivity index (χ2v) is 6.56. The van der Waals surface area contributed by atoms with E-state index in [1.807, 2.05) is 6.92 Å². The summed E-state index contributed by atoms with van der Waals surface area (Å²) in [6, 6.07) is 5.24. The van der Waals surface area contributed by atoms with Crippen molar-refractivity contribution in [1.29, 1.82) is 0 Å². The Kier molecular flexibility index (Phi) is 7.32. The number of rotatable bonds is 9. The molecule has 0 aliphatic rings. The first-order valence-electron chi connectivity index (χ1n) is 6.33. The molecule has 0 saturated carbocycles. The monoisotopic (exact) mass is 365 g/mol. The first-order chi connectivity index (χ1) is 9.52. The minimum Gasteiger partial charge on any atom is -0.494 e. The van der Waals surface area contributed by atoms with Crippen molar-refractivity contribution in [1.82, 2.24) is 0 Å². The maximum Gasteiger partial charge on any atom is 0.232 e. The molecule has 1 N–H and O–H groups in total. The highest BCUT2D eigenvalue weighted by molar-refractivity contribution is 9.08. The van der Waals surface area contributed by atoms with Gasteiger partial charge in [-0.3, -0.25) is 4.72 Å². The van der Waals surface area contributed by atoms with E-state index in [2.05, 4.69) is 20.7 Å². The van der Waals surface area contributed by atoms with E-state index >= 15 is 0 Å². The van der Waals surface area contributed by atoms with E-state index in [9.17, 15) is 8.42 Å². The molecule has 0 aromatic heterocycles. The fourth-order valence-corrected chi connectivity index (χ4v) is 3.19. The van der Waals surface area contributed by atoms with Crippen molar-refractivity contribution < 1.29 is 17.9 Å². The van der Waals surface area contributed by atoms with Crippen molar-refractivity contribution in [2.45, 2.75) is 18.7 Å². The lowest BCUT2D eigenvalue weighted by molar-refractivity contribution is 0.199. The molecule has 7 heteroatoms. The molecule has 0 radical (unpaired) electrons. The van der Waals surface area contributed by atoms with Gasteiger partial charge in [-0.05, 0) is 31.5 Å². The van der Waals surface area contributed by atoms with E-state index < -0.39 is 10.0 Å². The molecule has 1 aromatic rings. The third-order valence-electron chi connectivity index (χ3n) is 2.54. The Morgan fingerprint density at radius 2 is 2.10 bits per heavy atom. The number of benzene rings is 1. The first-order valence-corrected chi connectivity index (χ1v) is 9.11. The zero-order chi connectivity index (χ0) is 15.0. The summed E-state index contributed by atoms with van der Waals surface area (Å²) in [5.41, 5.74) is 1.45. The van der Waals surface area contributed by atoms with Gasteiger partial charge in [0.1, 0.15) is 5.75 Å². The molecule has 0 bridgehead atoms. The third-order valence-corrected chi connectivity index (χ3v) is 4.52. The van der Waals surface area contributed by atoms with Gasteiger partial charge in [0.05, 0.1) is 12.4 Å². The molecule has 0 atom stereocenters. The van der Waals surface area contributed by atoms with Crippen LogP contribution >= 0.6 is 15.9 Å². The molecular weight excluding hydrogens is 346 g/mol. The summed E-state index contributed by atoms with van der Waals surface area (Å²) >= 11 is 3.37. The predicted octanol–water partition coefficient (Wildman–Crippen LogP) is 2.76. The van der Waals surface area contributed by atoms with Crippen LogP contribution in [0, 0.1) is 0 Å². The van der Waals surface area contributed by atoms with E-state index in [0.29, 0.717) is 30.7 Å². The summed E-state index contributed by atoms with van der Waals surface area (Å²) in [6.07, 6.45) is 0.466. The van der Waals surface area contributed by atoms with Gasteiger partial charge in [0.15, 0.2) is 0 Å². The molecule has 114 valence electrons. The zero-order valence-electron chi connectivity index (χ0n) is 11.7. The number of sulfonamides is 1. The highest BCUT2D eigenvalue weighted by Gasteiger charge is 2.11. The summed E-state index contributed by atoms with van der Waals surface area (Å²) in [4.78, 5) is 0. The standard InChI is InChI=1S/C13H20BrNO4S/c1-3-19-13-6-5-12(9-11(13)10-14)15-20(16,17)8-4-7-18-2/h5-6,9,15H,3-4,7-8,10H2,1-2H3. The smallest absolute Gasteiger partial charge is 0.232 e. The van der Waals surface area contributed by atoms with E-state index in [1.54, 1.807) is 25.3 Å². The van der Waals surface area contributed by atoms with Gasteiger partial charge < -0.3 is 9.47 Å². The van der Waals surface area contributed by atoms with Gasteiger partial charge >= 0.3 is 0 Å². The highest BCUT2D eigenvalue weighted by Crippen LogP contribution is 2.25. The number of alkyl halides is 1. The Hall–Kier alpha value is -0.790. The van der Waals surface area contributed by atoms with Crippen LogP contribution < -0.4 is 9.46 Å². The number of anilines is 1. The molecular formula is C13H20BrNO4S. The van der Waals surface area contributed by atoms with Crippen LogP contribution in [0.5, 0.6) is 5.75 Å². The van der Waals surface area contributed by atoms with E-state index in [0.717, 1.165) is 11.3 Å². The second kappa shape index (κ2) is 8.49. The van der Waals surface area contributed by atoms with Crippen LogP contribution in [0.4, 0.5) is 5.69 Å². The lowest BCUT2D eigenvalue weighted by atomic mass is 10.2. The van der Waals surface area contributed by atoms with Crippen LogP contribution in [-0.2, 0) is 20.1 Å². The molecule has 0 heterocycles. The van der Waals surface area contributed by atoms with Crippen LogP contribution in [0.25, 0.3) is 0 Å². The molecule has 0 amide bonds. The van der Waals surface area contributed by atoms with Gasteiger partial charge in [0, 0.05) is 30.3 Å². The molecule has 0 fully saturated rings. The van der Waals surface area contributed by atoms with Gasteiger partial charge in [0.2, 0.25) is 10.0 Å². The van der Waals surface area contributed by atoms with Gasteiger partial charge in [-0.15, -0.1) is 0 Å². The summed E-state index contributed by atoms with van der Waals surface area (Å²) in [6.45, 7) is 2.91. The van der Waals surface area contributed by atoms with Crippen LogP contribution in [0.2, 0.25) is 0 Å².